The lowest BCUT2D eigenvalue weighted by atomic mass is 9.53. The van der Waals surface area contributed by atoms with E-state index in [-0.39, 0.29) is 18.4 Å². The Morgan fingerprint density at radius 3 is 2.76 bits per heavy atom. The van der Waals surface area contributed by atoms with Gasteiger partial charge in [0.15, 0.2) is 6.10 Å². The first-order valence-corrected chi connectivity index (χ1v) is 7.26. The molecule has 5 fully saturated rings. The predicted octanol–water partition coefficient (Wildman–Crippen LogP) is -0.0620. The van der Waals surface area contributed by atoms with E-state index in [0.717, 1.165) is 5.57 Å². The number of carbonyl (C=O) groups excluding carboxylic acids is 2. The van der Waals surface area contributed by atoms with E-state index in [1.807, 2.05) is 6.92 Å². The summed E-state index contributed by atoms with van der Waals surface area (Å²) in [6.45, 7) is 7.55. The van der Waals surface area contributed by atoms with Gasteiger partial charge in [0, 0.05) is 12.3 Å². The number of aliphatic hydroxyl groups is 1. The average molecular weight is 292 g/mol. The molecule has 0 aromatic rings. The largest absolute Gasteiger partial charge is 0.457 e. The van der Waals surface area contributed by atoms with Gasteiger partial charge in [0.25, 0.3) is 0 Å². The molecular weight excluding hydrogens is 276 g/mol. The van der Waals surface area contributed by atoms with Crippen molar-refractivity contribution in [1.82, 2.24) is 0 Å². The van der Waals surface area contributed by atoms with E-state index < -0.39 is 46.7 Å². The van der Waals surface area contributed by atoms with E-state index in [1.165, 1.54) is 0 Å². The number of fused-ring (bicyclic) bond motifs is 4. The highest BCUT2D eigenvalue weighted by atomic mass is 16.7. The van der Waals surface area contributed by atoms with Gasteiger partial charge in [0.05, 0.1) is 16.9 Å². The van der Waals surface area contributed by atoms with Crippen LogP contribution in [-0.2, 0) is 23.8 Å². The highest BCUT2D eigenvalue weighted by molar-refractivity contribution is 5.91. The molecule has 2 saturated carbocycles. The maximum absolute atomic E-state index is 12.3. The molecule has 112 valence electrons. The zero-order valence-electron chi connectivity index (χ0n) is 11.8. The van der Waals surface area contributed by atoms with E-state index in [0.29, 0.717) is 0 Å². The van der Waals surface area contributed by atoms with Gasteiger partial charge in [-0.2, -0.15) is 0 Å². The van der Waals surface area contributed by atoms with Gasteiger partial charge < -0.3 is 19.3 Å². The molecule has 21 heavy (non-hydrogen) atoms. The van der Waals surface area contributed by atoms with E-state index in [9.17, 15) is 14.7 Å². The van der Waals surface area contributed by atoms with E-state index in [2.05, 4.69) is 6.58 Å². The first kappa shape index (κ1) is 12.2. The third-order valence-corrected chi connectivity index (χ3v) is 6.60. The summed E-state index contributed by atoms with van der Waals surface area (Å²) >= 11 is 0. The molecule has 8 atom stereocenters. The van der Waals surface area contributed by atoms with Gasteiger partial charge in [-0.25, -0.2) is 4.79 Å². The molecule has 0 aromatic heterocycles. The summed E-state index contributed by atoms with van der Waals surface area (Å²) in [6, 6.07) is 0. The fourth-order valence-electron chi connectivity index (χ4n) is 5.59. The van der Waals surface area contributed by atoms with Crippen molar-refractivity contribution in [2.24, 2.45) is 17.3 Å². The van der Waals surface area contributed by atoms with Gasteiger partial charge in [0.1, 0.15) is 12.2 Å². The van der Waals surface area contributed by atoms with Crippen molar-refractivity contribution in [2.75, 3.05) is 0 Å². The van der Waals surface area contributed by atoms with Crippen molar-refractivity contribution in [2.45, 2.75) is 49.8 Å². The molecule has 6 heteroatoms. The van der Waals surface area contributed by atoms with Gasteiger partial charge in [-0.3, -0.25) is 4.79 Å². The minimum absolute atomic E-state index is 0.269. The Bertz CT molecular complexity index is 642. The Kier molecular flexibility index (Phi) is 1.68. The molecule has 1 N–H and O–H groups in total. The molecule has 3 heterocycles. The molecule has 5 aliphatic rings. The van der Waals surface area contributed by atoms with Gasteiger partial charge in [-0.15, -0.1) is 0 Å². The number of hydrogen-bond donors (Lipinski definition) is 1. The average Bonchev–Trinajstić information content (AvgIpc) is 2.86. The van der Waals surface area contributed by atoms with Crippen molar-refractivity contribution in [3.05, 3.63) is 12.2 Å². The zero-order chi connectivity index (χ0) is 14.9. The van der Waals surface area contributed by atoms with Gasteiger partial charge in [-0.1, -0.05) is 12.2 Å². The standard InChI is InChI=1S/C15H16O6/c1-5(2)7-8-11(16)19-9(7)10-13(3)14(8,18)4-6-15(13,21-6)12(17)20-10/h6-10,18H,1,4H2,2-3H3/t6-,7+,8+,9+,10-,13-,14-,15+/m1/s1. The second-order valence-corrected chi connectivity index (χ2v) is 7.25. The van der Waals surface area contributed by atoms with Crippen LogP contribution in [0.15, 0.2) is 12.2 Å². The van der Waals surface area contributed by atoms with Crippen LogP contribution in [0.1, 0.15) is 20.3 Å². The molecule has 0 amide bonds. The molecule has 1 spiro atoms. The second kappa shape index (κ2) is 2.90. The number of hydrogen-bond acceptors (Lipinski definition) is 6. The predicted molar refractivity (Wildman–Crippen MR) is 66.8 cm³/mol. The highest BCUT2D eigenvalue weighted by Gasteiger charge is 2.95. The first-order valence-electron chi connectivity index (χ1n) is 7.26. The fourth-order valence-corrected chi connectivity index (χ4v) is 5.59. The van der Waals surface area contributed by atoms with Crippen molar-refractivity contribution in [3.8, 4) is 0 Å². The van der Waals surface area contributed by atoms with Crippen LogP contribution in [0.2, 0.25) is 0 Å². The molecular formula is C15H16O6. The van der Waals surface area contributed by atoms with Crippen LogP contribution in [-0.4, -0.2) is 46.6 Å². The van der Waals surface area contributed by atoms with Crippen molar-refractivity contribution >= 4 is 11.9 Å². The summed E-state index contributed by atoms with van der Waals surface area (Å²) in [4.78, 5) is 24.7. The summed E-state index contributed by atoms with van der Waals surface area (Å²) in [5.41, 5.74) is -2.60. The Hall–Kier alpha value is -1.40. The number of esters is 2. The third kappa shape index (κ3) is 0.874. The topological polar surface area (TPSA) is 85.4 Å². The van der Waals surface area contributed by atoms with E-state index in [1.54, 1.807) is 6.92 Å². The third-order valence-electron chi connectivity index (χ3n) is 6.60. The van der Waals surface area contributed by atoms with Crippen LogP contribution in [0.25, 0.3) is 0 Å². The van der Waals surface area contributed by atoms with Crippen molar-refractivity contribution in [1.29, 1.82) is 0 Å². The molecule has 0 radical (unpaired) electrons. The molecule has 0 unspecified atom stereocenters. The fraction of sp³-hybridized carbons (Fsp3) is 0.733. The van der Waals surface area contributed by atoms with Crippen LogP contribution >= 0.6 is 0 Å². The molecule has 3 aliphatic heterocycles. The molecule has 2 bridgehead atoms. The van der Waals surface area contributed by atoms with Crippen LogP contribution in [0.4, 0.5) is 0 Å². The lowest BCUT2D eigenvalue weighted by Crippen LogP contribution is -2.66. The summed E-state index contributed by atoms with van der Waals surface area (Å²) in [7, 11) is 0. The zero-order valence-corrected chi connectivity index (χ0v) is 11.8. The van der Waals surface area contributed by atoms with Gasteiger partial charge >= 0.3 is 11.9 Å². The van der Waals surface area contributed by atoms with Crippen molar-refractivity contribution in [3.63, 3.8) is 0 Å². The van der Waals surface area contributed by atoms with Gasteiger partial charge in [-0.05, 0) is 13.8 Å². The Morgan fingerprint density at radius 1 is 1.38 bits per heavy atom. The number of carbonyl (C=O) groups is 2. The molecule has 5 rings (SSSR count). The Labute approximate surface area is 121 Å². The SMILES string of the molecule is C=C(C)[C@@H]1[C@@H]2OC(=O)[C@H]1[C@]1(O)C[C@H]3O[C@]34C(=O)O[C@H]2[C@]14C. The maximum Gasteiger partial charge on any atom is 0.342 e. The number of rotatable bonds is 1. The molecule has 3 saturated heterocycles. The van der Waals surface area contributed by atoms with Crippen LogP contribution in [0.3, 0.4) is 0 Å². The van der Waals surface area contributed by atoms with Crippen LogP contribution < -0.4 is 0 Å². The van der Waals surface area contributed by atoms with Crippen LogP contribution in [0, 0.1) is 17.3 Å². The monoisotopic (exact) mass is 292 g/mol. The first-order chi connectivity index (χ1) is 9.79. The summed E-state index contributed by atoms with van der Waals surface area (Å²) in [5.74, 6) is -1.86. The summed E-state index contributed by atoms with van der Waals surface area (Å²) in [5, 5.41) is 11.4. The van der Waals surface area contributed by atoms with Crippen molar-refractivity contribution < 1.29 is 28.9 Å². The molecule has 2 aliphatic carbocycles. The lowest BCUT2D eigenvalue weighted by Gasteiger charge is -2.51. The van der Waals surface area contributed by atoms with E-state index in [4.69, 9.17) is 14.2 Å². The Morgan fingerprint density at radius 2 is 2.10 bits per heavy atom. The Balaban J connectivity index is 1.78. The second-order valence-electron chi connectivity index (χ2n) is 7.25. The lowest BCUT2D eigenvalue weighted by molar-refractivity contribution is -0.195. The maximum atomic E-state index is 12.3. The van der Waals surface area contributed by atoms with E-state index >= 15 is 0 Å². The highest BCUT2D eigenvalue weighted by Crippen LogP contribution is 2.76. The number of ether oxygens (including phenoxy) is 3. The minimum atomic E-state index is -1.35. The minimum Gasteiger partial charge on any atom is -0.457 e. The molecule has 6 nitrogen and oxygen atoms in total. The summed E-state index contributed by atoms with van der Waals surface area (Å²) < 4.78 is 16.6. The number of epoxide rings is 1. The smallest absolute Gasteiger partial charge is 0.342 e. The van der Waals surface area contributed by atoms with Crippen LogP contribution in [0.5, 0.6) is 0 Å². The molecule has 0 aromatic carbocycles. The quantitative estimate of drug-likeness (QED) is 0.414. The summed E-state index contributed by atoms with van der Waals surface area (Å²) in [6.07, 6.45) is -1.34. The normalized spacial score (nSPS) is 62.0. The van der Waals surface area contributed by atoms with Gasteiger partial charge in [0.2, 0.25) is 5.60 Å².